The molecule has 0 bridgehead atoms. The summed E-state index contributed by atoms with van der Waals surface area (Å²) in [6.07, 6.45) is 4.66. The van der Waals surface area contributed by atoms with Gasteiger partial charge in [0, 0.05) is 23.8 Å². The molecule has 0 spiro atoms. The quantitative estimate of drug-likeness (QED) is 0.828. The second-order valence-electron chi connectivity index (χ2n) is 4.76. The van der Waals surface area contributed by atoms with Crippen molar-refractivity contribution in [2.45, 2.75) is 37.1 Å². The fourth-order valence-corrected chi connectivity index (χ4v) is 4.15. The van der Waals surface area contributed by atoms with Gasteiger partial charge in [-0.3, -0.25) is 0 Å². The van der Waals surface area contributed by atoms with Crippen molar-refractivity contribution in [1.82, 2.24) is 9.71 Å². The van der Waals surface area contributed by atoms with Crippen molar-refractivity contribution in [3.8, 4) is 0 Å². The lowest BCUT2D eigenvalue weighted by Gasteiger charge is -2.10. The van der Waals surface area contributed by atoms with Crippen LogP contribution in [-0.2, 0) is 10.0 Å². The monoisotopic (exact) mass is 347 g/mol. The van der Waals surface area contributed by atoms with Crippen molar-refractivity contribution in [3.63, 3.8) is 0 Å². The Morgan fingerprint density at radius 2 is 2.26 bits per heavy atom. The van der Waals surface area contributed by atoms with Crippen LogP contribution in [0.3, 0.4) is 0 Å². The van der Waals surface area contributed by atoms with Crippen molar-refractivity contribution in [2.24, 2.45) is 5.92 Å². The van der Waals surface area contributed by atoms with E-state index >= 15 is 0 Å². The molecule has 1 saturated carbocycles. The Kier molecular flexibility index (Phi) is 4.47. The number of nitrogens with zero attached hydrogens (tertiary/aromatic N) is 1. The van der Waals surface area contributed by atoms with Crippen LogP contribution < -0.4 is 10.0 Å². The molecule has 7 heteroatoms. The SMILES string of the molecule is CCCC1CC1NS(=O)(=O)c1cc(Br)cnc1NC. The molecule has 2 rings (SSSR count). The van der Waals surface area contributed by atoms with E-state index in [1.807, 2.05) is 0 Å². The molecule has 19 heavy (non-hydrogen) atoms. The van der Waals surface area contributed by atoms with Crippen molar-refractivity contribution in [3.05, 3.63) is 16.7 Å². The molecule has 0 aromatic carbocycles. The van der Waals surface area contributed by atoms with E-state index in [2.05, 4.69) is 37.9 Å². The lowest BCUT2D eigenvalue weighted by molar-refractivity contribution is 0.573. The summed E-state index contributed by atoms with van der Waals surface area (Å²) in [5, 5.41) is 2.81. The minimum absolute atomic E-state index is 0.0774. The molecule has 5 nitrogen and oxygen atoms in total. The third kappa shape index (κ3) is 3.46. The van der Waals surface area contributed by atoms with Crippen LogP contribution in [0.15, 0.2) is 21.6 Å². The Labute approximate surface area is 122 Å². The number of anilines is 1. The summed E-state index contributed by atoms with van der Waals surface area (Å²) >= 11 is 3.25. The summed E-state index contributed by atoms with van der Waals surface area (Å²) < 4.78 is 28.1. The topological polar surface area (TPSA) is 71.1 Å². The van der Waals surface area contributed by atoms with Gasteiger partial charge in [-0.05, 0) is 40.8 Å². The van der Waals surface area contributed by atoms with E-state index in [-0.39, 0.29) is 10.9 Å². The Morgan fingerprint density at radius 3 is 2.89 bits per heavy atom. The summed E-state index contributed by atoms with van der Waals surface area (Å²) in [6, 6.07) is 1.65. The van der Waals surface area contributed by atoms with Crippen LogP contribution in [-0.4, -0.2) is 26.5 Å². The molecule has 0 radical (unpaired) electrons. The van der Waals surface area contributed by atoms with E-state index in [0.717, 1.165) is 19.3 Å². The van der Waals surface area contributed by atoms with Gasteiger partial charge in [0.15, 0.2) is 0 Å². The molecule has 1 aliphatic rings. The number of sulfonamides is 1. The maximum atomic E-state index is 12.4. The predicted molar refractivity (Wildman–Crippen MR) is 78.6 cm³/mol. The van der Waals surface area contributed by atoms with Crippen LogP contribution in [0.5, 0.6) is 0 Å². The van der Waals surface area contributed by atoms with Gasteiger partial charge in [0.1, 0.15) is 10.7 Å². The maximum absolute atomic E-state index is 12.4. The Hall–Kier alpha value is -0.660. The Bertz CT molecular complexity index is 562. The summed E-state index contributed by atoms with van der Waals surface area (Å²) in [7, 11) is -1.86. The Balaban J connectivity index is 2.18. The summed E-state index contributed by atoms with van der Waals surface area (Å²) in [6.45, 7) is 2.11. The first-order valence-corrected chi connectivity index (χ1v) is 8.61. The highest BCUT2D eigenvalue weighted by Crippen LogP contribution is 2.36. The number of hydrogen-bond donors (Lipinski definition) is 2. The molecule has 0 amide bonds. The first-order valence-electron chi connectivity index (χ1n) is 6.33. The molecule has 1 aromatic rings. The maximum Gasteiger partial charge on any atom is 0.244 e. The van der Waals surface area contributed by atoms with Crippen molar-refractivity contribution >= 4 is 31.8 Å². The molecule has 0 aliphatic heterocycles. The highest BCUT2D eigenvalue weighted by molar-refractivity contribution is 9.10. The normalized spacial score (nSPS) is 22.3. The van der Waals surface area contributed by atoms with E-state index in [9.17, 15) is 8.42 Å². The summed E-state index contributed by atoms with van der Waals surface area (Å²) in [4.78, 5) is 4.26. The van der Waals surface area contributed by atoms with E-state index in [1.54, 1.807) is 19.3 Å². The van der Waals surface area contributed by atoms with Crippen molar-refractivity contribution < 1.29 is 8.42 Å². The minimum Gasteiger partial charge on any atom is -0.372 e. The smallest absolute Gasteiger partial charge is 0.244 e. The molecule has 1 fully saturated rings. The molecular weight excluding hydrogens is 330 g/mol. The Morgan fingerprint density at radius 1 is 1.53 bits per heavy atom. The van der Waals surface area contributed by atoms with Crippen molar-refractivity contribution in [1.29, 1.82) is 0 Å². The molecule has 2 unspecified atom stereocenters. The number of hydrogen-bond acceptors (Lipinski definition) is 4. The lowest BCUT2D eigenvalue weighted by Crippen LogP contribution is -2.28. The van der Waals surface area contributed by atoms with Gasteiger partial charge in [0.05, 0.1) is 0 Å². The van der Waals surface area contributed by atoms with Crippen LogP contribution in [0, 0.1) is 5.92 Å². The van der Waals surface area contributed by atoms with Crippen LogP contribution in [0.25, 0.3) is 0 Å². The van der Waals surface area contributed by atoms with E-state index in [1.165, 1.54) is 0 Å². The van der Waals surface area contributed by atoms with Crippen LogP contribution in [0.1, 0.15) is 26.2 Å². The van der Waals surface area contributed by atoms with Crippen LogP contribution >= 0.6 is 15.9 Å². The highest BCUT2D eigenvalue weighted by atomic mass is 79.9. The van der Waals surface area contributed by atoms with Gasteiger partial charge >= 0.3 is 0 Å². The fraction of sp³-hybridized carbons (Fsp3) is 0.583. The number of rotatable bonds is 6. The van der Waals surface area contributed by atoms with Gasteiger partial charge in [0.25, 0.3) is 0 Å². The predicted octanol–water partition coefficient (Wildman–Crippen LogP) is 2.35. The van der Waals surface area contributed by atoms with Gasteiger partial charge in [-0.2, -0.15) is 0 Å². The number of halogens is 1. The van der Waals surface area contributed by atoms with Crippen LogP contribution in [0.2, 0.25) is 0 Å². The third-order valence-corrected chi connectivity index (χ3v) is 5.17. The third-order valence-electron chi connectivity index (χ3n) is 3.23. The van der Waals surface area contributed by atoms with Gasteiger partial charge in [-0.25, -0.2) is 18.1 Å². The largest absolute Gasteiger partial charge is 0.372 e. The van der Waals surface area contributed by atoms with Gasteiger partial charge in [-0.15, -0.1) is 0 Å². The van der Waals surface area contributed by atoms with E-state index in [4.69, 9.17) is 0 Å². The first kappa shape index (κ1) is 14.7. The number of aromatic nitrogens is 1. The summed E-state index contributed by atoms with van der Waals surface area (Å²) in [5.41, 5.74) is 0. The average molecular weight is 348 g/mol. The standard InChI is InChI=1S/C12H18BrN3O2S/c1-3-4-8-5-10(8)16-19(17,18)11-6-9(13)7-15-12(11)14-2/h6-8,10,16H,3-5H2,1-2H3,(H,14,15). The molecule has 1 heterocycles. The average Bonchev–Trinajstić information content (AvgIpc) is 3.07. The molecule has 0 saturated heterocycles. The zero-order chi connectivity index (χ0) is 14.0. The van der Waals surface area contributed by atoms with Crippen LogP contribution in [0.4, 0.5) is 5.82 Å². The minimum atomic E-state index is -3.52. The first-order chi connectivity index (χ1) is 8.97. The summed E-state index contributed by atoms with van der Waals surface area (Å²) in [5.74, 6) is 0.848. The van der Waals surface area contributed by atoms with E-state index < -0.39 is 10.0 Å². The van der Waals surface area contributed by atoms with Gasteiger partial charge in [0.2, 0.25) is 10.0 Å². The molecule has 2 N–H and O–H groups in total. The zero-order valence-corrected chi connectivity index (χ0v) is 13.4. The highest BCUT2D eigenvalue weighted by Gasteiger charge is 2.39. The second-order valence-corrected chi connectivity index (χ2v) is 7.36. The molecular formula is C12H18BrN3O2S. The molecule has 1 aliphatic carbocycles. The van der Waals surface area contributed by atoms with E-state index in [0.29, 0.717) is 16.2 Å². The number of pyridine rings is 1. The van der Waals surface area contributed by atoms with Gasteiger partial charge < -0.3 is 5.32 Å². The molecule has 1 aromatic heterocycles. The van der Waals surface area contributed by atoms with Gasteiger partial charge in [-0.1, -0.05) is 13.3 Å². The van der Waals surface area contributed by atoms with Crippen molar-refractivity contribution in [2.75, 3.05) is 12.4 Å². The molecule has 2 atom stereocenters. The zero-order valence-electron chi connectivity index (χ0n) is 11.0. The molecule has 106 valence electrons. The number of nitrogens with one attached hydrogen (secondary N) is 2. The second kappa shape index (κ2) is 5.76. The fourth-order valence-electron chi connectivity index (χ4n) is 2.16. The lowest BCUT2D eigenvalue weighted by atomic mass is 10.2.